The molecule has 0 saturated heterocycles. The number of nitriles is 1. The van der Waals surface area contributed by atoms with E-state index in [9.17, 15) is 19.3 Å². The summed E-state index contributed by atoms with van der Waals surface area (Å²) >= 11 is 0. The van der Waals surface area contributed by atoms with Crippen molar-refractivity contribution < 1.29 is 19.2 Å². The SMILES string of the molecule is N#CCC=Cc1cc([N+](=O)[O-])c(C(=O)O)cc1F. The molecule has 0 aliphatic heterocycles. The highest BCUT2D eigenvalue weighted by molar-refractivity contribution is 5.92. The summed E-state index contributed by atoms with van der Waals surface area (Å²) in [5.41, 5.74) is -1.54. The fourth-order valence-electron chi connectivity index (χ4n) is 1.27. The molecule has 6 nitrogen and oxygen atoms in total. The first-order valence-electron chi connectivity index (χ1n) is 4.72. The zero-order valence-corrected chi connectivity index (χ0v) is 8.96. The molecule has 0 aliphatic carbocycles. The number of nitro groups is 1. The number of carbonyl (C=O) groups is 1. The van der Waals surface area contributed by atoms with Crippen LogP contribution < -0.4 is 0 Å². The van der Waals surface area contributed by atoms with E-state index in [-0.39, 0.29) is 12.0 Å². The van der Waals surface area contributed by atoms with Crippen molar-refractivity contribution in [2.45, 2.75) is 6.42 Å². The Hall–Kier alpha value is -2.75. The fourth-order valence-corrected chi connectivity index (χ4v) is 1.27. The summed E-state index contributed by atoms with van der Waals surface area (Å²) in [7, 11) is 0. The van der Waals surface area contributed by atoms with Crippen molar-refractivity contribution >= 4 is 17.7 Å². The van der Waals surface area contributed by atoms with Gasteiger partial charge in [-0.1, -0.05) is 12.2 Å². The molecule has 0 amide bonds. The van der Waals surface area contributed by atoms with E-state index in [1.165, 1.54) is 12.2 Å². The second kappa shape index (κ2) is 5.54. The highest BCUT2D eigenvalue weighted by Gasteiger charge is 2.22. The minimum atomic E-state index is -1.58. The highest BCUT2D eigenvalue weighted by Crippen LogP contribution is 2.24. The first kappa shape index (κ1) is 13.3. The number of carboxylic acid groups (broad SMARTS) is 1. The van der Waals surface area contributed by atoms with Crippen LogP contribution in [0, 0.1) is 27.3 Å². The summed E-state index contributed by atoms with van der Waals surface area (Å²) in [5.74, 6) is -2.47. The number of nitro benzene ring substituents is 1. The van der Waals surface area contributed by atoms with Gasteiger partial charge in [-0.2, -0.15) is 5.26 Å². The van der Waals surface area contributed by atoms with Crippen LogP contribution in [0.25, 0.3) is 6.08 Å². The lowest BCUT2D eigenvalue weighted by Gasteiger charge is -2.01. The molecule has 18 heavy (non-hydrogen) atoms. The maximum absolute atomic E-state index is 13.5. The molecule has 0 aliphatic rings. The van der Waals surface area contributed by atoms with E-state index in [4.69, 9.17) is 10.4 Å². The molecule has 7 heteroatoms. The number of hydrogen-bond donors (Lipinski definition) is 1. The van der Waals surface area contributed by atoms with Crippen LogP contribution >= 0.6 is 0 Å². The van der Waals surface area contributed by atoms with Crippen molar-refractivity contribution in [3.8, 4) is 6.07 Å². The Bertz CT molecular complexity index is 575. The van der Waals surface area contributed by atoms with Gasteiger partial charge >= 0.3 is 5.97 Å². The van der Waals surface area contributed by atoms with E-state index in [1.807, 2.05) is 0 Å². The molecular formula is C11H7FN2O4. The summed E-state index contributed by atoms with van der Waals surface area (Å²) in [6.45, 7) is 0. The molecule has 0 atom stereocenters. The first-order chi connectivity index (χ1) is 8.47. The standard InChI is InChI=1S/C11H7FN2O4/c12-9-6-8(11(15)16)10(14(17)18)5-7(9)3-1-2-4-13/h1,3,5-6H,2H2,(H,15,16). The van der Waals surface area contributed by atoms with Crippen LogP contribution in [0.15, 0.2) is 18.2 Å². The van der Waals surface area contributed by atoms with Gasteiger partial charge < -0.3 is 5.11 Å². The van der Waals surface area contributed by atoms with Crippen molar-refractivity contribution in [2.24, 2.45) is 0 Å². The van der Waals surface area contributed by atoms with Crippen LogP contribution in [-0.2, 0) is 0 Å². The minimum absolute atomic E-state index is 0.0217. The molecule has 0 spiro atoms. The normalized spacial score (nSPS) is 10.2. The lowest BCUT2D eigenvalue weighted by Crippen LogP contribution is -2.04. The van der Waals surface area contributed by atoms with Gasteiger partial charge in [-0.05, 0) is 6.07 Å². The third-order valence-electron chi connectivity index (χ3n) is 2.05. The molecule has 0 saturated carbocycles. The van der Waals surface area contributed by atoms with Crippen LogP contribution in [-0.4, -0.2) is 16.0 Å². The van der Waals surface area contributed by atoms with Gasteiger partial charge in [-0.3, -0.25) is 10.1 Å². The van der Waals surface area contributed by atoms with Crippen LogP contribution in [0.3, 0.4) is 0 Å². The van der Waals surface area contributed by atoms with E-state index < -0.39 is 28.0 Å². The highest BCUT2D eigenvalue weighted by atomic mass is 19.1. The van der Waals surface area contributed by atoms with E-state index in [0.717, 1.165) is 6.07 Å². The third-order valence-corrected chi connectivity index (χ3v) is 2.05. The van der Waals surface area contributed by atoms with Crippen LogP contribution in [0.5, 0.6) is 0 Å². The summed E-state index contributed by atoms with van der Waals surface area (Å²) in [6, 6.07) is 3.20. The lowest BCUT2D eigenvalue weighted by atomic mass is 10.1. The first-order valence-corrected chi connectivity index (χ1v) is 4.72. The third kappa shape index (κ3) is 2.89. The molecule has 1 aromatic rings. The molecule has 0 fully saturated rings. The van der Waals surface area contributed by atoms with Crippen molar-refractivity contribution in [2.75, 3.05) is 0 Å². The van der Waals surface area contributed by atoms with Gasteiger partial charge in [0.2, 0.25) is 0 Å². The van der Waals surface area contributed by atoms with Gasteiger partial charge in [0.15, 0.2) is 0 Å². The molecule has 92 valence electrons. The lowest BCUT2D eigenvalue weighted by molar-refractivity contribution is -0.385. The second-order valence-electron chi connectivity index (χ2n) is 3.22. The van der Waals surface area contributed by atoms with Crippen molar-refractivity contribution in [3.05, 3.63) is 45.3 Å². The summed E-state index contributed by atoms with van der Waals surface area (Å²) in [5, 5.41) is 27.7. The van der Waals surface area contributed by atoms with Gasteiger partial charge in [0, 0.05) is 11.6 Å². The molecular weight excluding hydrogens is 243 g/mol. The second-order valence-corrected chi connectivity index (χ2v) is 3.22. The molecule has 0 aromatic heterocycles. The number of rotatable bonds is 4. The number of carboxylic acids is 1. The summed E-state index contributed by atoms with van der Waals surface area (Å²) in [6.07, 6.45) is 2.54. The molecule has 1 rings (SSSR count). The number of benzene rings is 1. The Morgan fingerprint density at radius 1 is 1.61 bits per heavy atom. The summed E-state index contributed by atoms with van der Waals surface area (Å²) < 4.78 is 13.5. The quantitative estimate of drug-likeness (QED) is 0.652. The Balaban J connectivity index is 3.32. The number of aromatic carboxylic acids is 1. The van der Waals surface area contributed by atoms with Crippen molar-refractivity contribution in [1.82, 2.24) is 0 Å². The van der Waals surface area contributed by atoms with Gasteiger partial charge in [0.1, 0.15) is 11.4 Å². The van der Waals surface area contributed by atoms with Crippen LogP contribution in [0.1, 0.15) is 22.3 Å². The van der Waals surface area contributed by atoms with E-state index in [0.29, 0.717) is 6.07 Å². The number of hydrogen-bond acceptors (Lipinski definition) is 4. The zero-order valence-electron chi connectivity index (χ0n) is 8.96. The number of nitrogens with zero attached hydrogens (tertiary/aromatic N) is 2. The number of allylic oxidation sites excluding steroid dienone is 1. The number of halogens is 1. The van der Waals surface area contributed by atoms with Crippen LogP contribution in [0.4, 0.5) is 10.1 Å². The molecule has 0 bridgehead atoms. The van der Waals surface area contributed by atoms with E-state index >= 15 is 0 Å². The topological polar surface area (TPSA) is 104 Å². The Kier molecular flexibility index (Phi) is 4.10. The predicted molar refractivity (Wildman–Crippen MR) is 59.3 cm³/mol. The maximum atomic E-state index is 13.5. The Labute approximate surface area is 101 Å². The van der Waals surface area contributed by atoms with Gasteiger partial charge in [0.05, 0.1) is 17.4 Å². The largest absolute Gasteiger partial charge is 0.477 e. The Morgan fingerprint density at radius 3 is 2.78 bits per heavy atom. The average molecular weight is 250 g/mol. The van der Waals surface area contributed by atoms with Crippen LogP contribution in [0.2, 0.25) is 0 Å². The monoisotopic (exact) mass is 250 g/mol. The van der Waals surface area contributed by atoms with E-state index in [1.54, 1.807) is 6.07 Å². The molecule has 0 unspecified atom stereocenters. The zero-order chi connectivity index (χ0) is 13.7. The average Bonchev–Trinajstić information content (AvgIpc) is 2.30. The van der Waals surface area contributed by atoms with Gasteiger partial charge in [-0.25, -0.2) is 9.18 Å². The molecule has 1 aromatic carbocycles. The molecule has 1 N–H and O–H groups in total. The molecule has 0 heterocycles. The summed E-state index contributed by atoms with van der Waals surface area (Å²) in [4.78, 5) is 20.5. The smallest absolute Gasteiger partial charge is 0.342 e. The van der Waals surface area contributed by atoms with E-state index in [2.05, 4.69) is 0 Å². The minimum Gasteiger partial charge on any atom is -0.477 e. The van der Waals surface area contributed by atoms with Crippen molar-refractivity contribution in [3.63, 3.8) is 0 Å². The van der Waals surface area contributed by atoms with Gasteiger partial charge in [-0.15, -0.1) is 0 Å². The van der Waals surface area contributed by atoms with Crippen molar-refractivity contribution in [1.29, 1.82) is 5.26 Å². The van der Waals surface area contributed by atoms with Gasteiger partial charge in [0.25, 0.3) is 5.69 Å². The maximum Gasteiger partial charge on any atom is 0.342 e. The predicted octanol–water partition coefficient (Wildman–Crippen LogP) is 2.36. The fraction of sp³-hybridized carbons (Fsp3) is 0.0909. The Morgan fingerprint density at radius 2 is 2.28 bits per heavy atom. The molecule has 0 radical (unpaired) electrons.